The van der Waals surface area contributed by atoms with Crippen molar-refractivity contribution in [1.29, 1.82) is 0 Å². The first-order valence-corrected chi connectivity index (χ1v) is 10.8. The summed E-state index contributed by atoms with van der Waals surface area (Å²) < 4.78 is 2.26. The van der Waals surface area contributed by atoms with Crippen molar-refractivity contribution in [2.24, 2.45) is 0 Å². The topological polar surface area (TPSA) is 70.5 Å². The number of pyridine rings is 1. The minimum absolute atomic E-state index is 0.00633. The normalized spacial score (nSPS) is 13.6. The minimum atomic E-state index is -0.0684. The van der Waals surface area contributed by atoms with Crippen molar-refractivity contribution in [3.05, 3.63) is 65.5 Å². The van der Waals surface area contributed by atoms with Gasteiger partial charge in [0.15, 0.2) is 0 Å². The van der Waals surface area contributed by atoms with Crippen molar-refractivity contribution in [2.75, 3.05) is 33.0 Å². The van der Waals surface area contributed by atoms with Crippen molar-refractivity contribution in [3.8, 4) is 0 Å². The molecule has 4 rings (SSSR count). The summed E-state index contributed by atoms with van der Waals surface area (Å²) >= 11 is 0. The molecule has 0 aliphatic carbocycles. The van der Waals surface area contributed by atoms with Crippen molar-refractivity contribution >= 4 is 34.6 Å². The molecule has 1 aliphatic rings. The first kappa shape index (κ1) is 21.8. The van der Waals surface area contributed by atoms with Gasteiger partial charge in [0.1, 0.15) is 5.82 Å². The number of fused-ring (bicyclic) bond motifs is 2. The molecular formula is C25H29N5O2. The Kier molecular flexibility index (Phi) is 6.37. The molecule has 0 unspecified atom stereocenters. The van der Waals surface area contributed by atoms with E-state index in [1.54, 1.807) is 23.2 Å². The number of likely N-dealkylation sites (N-methyl/N-ethyl adjacent to an activating group) is 2. The van der Waals surface area contributed by atoms with Gasteiger partial charge in [-0.1, -0.05) is 18.2 Å². The van der Waals surface area contributed by atoms with E-state index in [4.69, 9.17) is 0 Å². The zero-order valence-electron chi connectivity index (χ0n) is 18.8. The Morgan fingerprint density at radius 1 is 1.22 bits per heavy atom. The molecule has 0 bridgehead atoms. The molecule has 32 heavy (non-hydrogen) atoms. The van der Waals surface area contributed by atoms with E-state index in [1.165, 1.54) is 10.9 Å². The lowest BCUT2D eigenvalue weighted by Gasteiger charge is -2.16. The molecule has 166 valence electrons. The van der Waals surface area contributed by atoms with Crippen LogP contribution in [0.3, 0.4) is 0 Å². The Labute approximate surface area is 188 Å². The number of para-hydroxylation sites is 1. The second-order valence-corrected chi connectivity index (χ2v) is 8.52. The van der Waals surface area contributed by atoms with Crippen molar-refractivity contribution in [1.82, 2.24) is 19.4 Å². The van der Waals surface area contributed by atoms with Crippen LogP contribution in [0.25, 0.3) is 17.0 Å². The van der Waals surface area contributed by atoms with E-state index in [2.05, 4.69) is 52.2 Å². The molecule has 2 aromatic heterocycles. The maximum Gasteiger partial charge on any atom is 0.246 e. The quantitative estimate of drug-likeness (QED) is 0.584. The van der Waals surface area contributed by atoms with Gasteiger partial charge >= 0.3 is 0 Å². The van der Waals surface area contributed by atoms with Gasteiger partial charge in [0, 0.05) is 62.5 Å². The smallest absolute Gasteiger partial charge is 0.246 e. The number of carbonyl (C=O) groups is 2. The van der Waals surface area contributed by atoms with E-state index in [0.717, 1.165) is 29.8 Å². The molecule has 7 nitrogen and oxygen atoms in total. The van der Waals surface area contributed by atoms with Crippen LogP contribution in [-0.4, -0.2) is 58.9 Å². The molecule has 7 heteroatoms. The number of aryl methyl sites for hydroxylation is 1. The summed E-state index contributed by atoms with van der Waals surface area (Å²) in [5, 5.41) is 3.95. The summed E-state index contributed by atoms with van der Waals surface area (Å²) in [6.07, 6.45) is 8.32. The SMILES string of the molecule is CN(C)CCn1cc(CN(C)C(=O)/C=C/c2cnc3c(c2)CCC(=O)N3)c2ccccc21. The summed E-state index contributed by atoms with van der Waals surface area (Å²) in [6, 6.07) is 10.3. The lowest BCUT2D eigenvalue weighted by atomic mass is 10.0. The Morgan fingerprint density at radius 2 is 2.03 bits per heavy atom. The van der Waals surface area contributed by atoms with Gasteiger partial charge in [-0.25, -0.2) is 4.98 Å². The highest BCUT2D eigenvalue weighted by atomic mass is 16.2. The van der Waals surface area contributed by atoms with Crippen LogP contribution in [0.4, 0.5) is 5.82 Å². The lowest BCUT2D eigenvalue weighted by Crippen LogP contribution is -2.24. The fraction of sp³-hybridized carbons (Fsp3) is 0.320. The Balaban J connectivity index is 1.46. The molecule has 0 spiro atoms. The summed E-state index contributed by atoms with van der Waals surface area (Å²) in [4.78, 5) is 32.4. The first-order valence-electron chi connectivity index (χ1n) is 10.8. The number of hydrogen-bond acceptors (Lipinski definition) is 4. The highest BCUT2D eigenvalue weighted by Crippen LogP contribution is 2.23. The van der Waals surface area contributed by atoms with Gasteiger partial charge in [0.2, 0.25) is 11.8 Å². The molecule has 1 aromatic carbocycles. The predicted molar refractivity (Wildman–Crippen MR) is 127 cm³/mol. The highest BCUT2D eigenvalue weighted by Gasteiger charge is 2.16. The standard InChI is InChI=1S/C25H29N5O2/c1-28(2)12-13-30-17-20(21-6-4-5-7-22(21)30)16-29(3)24(32)11-8-18-14-19-9-10-23(31)27-25(19)26-15-18/h4-8,11,14-15,17H,9-10,12-13,16H2,1-3H3,(H,26,27,31)/b11-8+. The molecule has 3 aromatic rings. The van der Waals surface area contributed by atoms with E-state index in [1.807, 2.05) is 25.2 Å². The second-order valence-electron chi connectivity index (χ2n) is 8.52. The maximum atomic E-state index is 12.8. The Hall–Kier alpha value is -3.45. The van der Waals surface area contributed by atoms with Crippen LogP contribution in [0.5, 0.6) is 0 Å². The number of rotatable bonds is 7. The molecular weight excluding hydrogens is 402 g/mol. The molecule has 1 N–H and O–H groups in total. The summed E-state index contributed by atoms with van der Waals surface area (Å²) in [7, 11) is 5.96. The van der Waals surface area contributed by atoms with E-state index >= 15 is 0 Å². The lowest BCUT2D eigenvalue weighted by molar-refractivity contribution is -0.125. The number of anilines is 1. The van der Waals surface area contributed by atoms with Gasteiger partial charge in [0.05, 0.1) is 0 Å². The molecule has 0 saturated heterocycles. The van der Waals surface area contributed by atoms with Crippen LogP contribution in [-0.2, 0) is 29.1 Å². The van der Waals surface area contributed by atoms with Crippen LogP contribution < -0.4 is 5.32 Å². The van der Waals surface area contributed by atoms with E-state index in [0.29, 0.717) is 25.2 Å². The van der Waals surface area contributed by atoms with Gasteiger partial charge in [-0.3, -0.25) is 9.59 Å². The average molecular weight is 432 g/mol. The fourth-order valence-electron chi connectivity index (χ4n) is 3.94. The van der Waals surface area contributed by atoms with E-state index in [9.17, 15) is 9.59 Å². The van der Waals surface area contributed by atoms with Gasteiger partial charge in [-0.05, 0) is 55.4 Å². The number of hydrogen-bond donors (Lipinski definition) is 1. The van der Waals surface area contributed by atoms with Crippen molar-refractivity contribution < 1.29 is 9.59 Å². The van der Waals surface area contributed by atoms with Gasteiger partial charge < -0.3 is 19.7 Å². The Bertz CT molecular complexity index is 1180. The van der Waals surface area contributed by atoms with Crippen molar-refractivity contribution in [2.45, 2.75) is 25.9 Å². The molecule has 0 fully saturated rings. The number of nitrogens with zero attached hydrogens (tertiary/aromatic N) is 4. The highest BCUT2D eigenvalue weighted by molar-refractivity contribution is 5.94. The number of aromatic nitrogens is 2. The van der Waals surface area contributed by atoms with Crippen LogP contribution in [0.15, 0.2) is 48.8 Å². The third-order valence-corrected chi connectivity index (χ3v) is 5.73. The summed E-state index contributed by atoms with van der Waals surface area (Å²) in [6.45, 7) is 2.39. The fourth-order valence-corrected chi connectivity index (χ4v) is 3.94. The number of benzene rings is 1. The van der Waals surface area contributed by atoms with Gasteiger partial charge in [-0.15, -0.1) is 0 Å². The molecule has 0 saturated carbocycles. The average Bonchev–Trinajstić information content (AvgIpc) is 3.13. The minimum Gasteiger partial charge on any atom is -0.346 e. The molecule has 0 atom stereocenters. The third-order valence-electron chi connectivity index (χ3n) is 5.73. The van der Waals surface area contributed by atoms with Gasteiger partial charge in [-0.2, -0.15) is 0 Å². The molecule has 1 aliphatic heterocycles. The maximum absolute atomic E-state index is 12.8. The summed E-state index contributed by atoms with van der Waals surface area (Å²) in [5.41, 5.74) is 4.17. The van der Waals surface area contributed by atoms with Gasteiger partial charge in [0.25, 0.3) is 0 Å². The van der Waals surface area contributed by atoms with Crippen LogP contribution in [0.1, 0.15) is 23.1 Å². The second kappa shape index (κ2) is 9.36. The number of nitrogens with one attached hydrogen (secondary N) is 1. The Morgan fingerprint density at radius 3 is 2.84 bits per heavy atom. The zero-order chi connectivity index (χ0) is 22.7. The number of carbonyl (C=O) groups excluding carboxylic acids is 2. The van der Waals surface area contributed by atoms with Crippen LogP contribution >= 0.6 is 0 Å². The van der Waals surface area contributed by atoms with Crippen LogP contribution in [0, 0.1) is 0 Å². The van der Waals surface area contributed by atoms with Crippen molar-refractivity contribution in [3.63, 3.8) is 0 Å². The monoisotopic (exact) mass is 431 g/mol. The molecule has 2 amide bonds. The van der Waals surface area contributed by atoms with E-state index < -0.39 is 0 Å². The predicted octanol–water partition coefficient (Wildman–Crippen LogP) is 3.15. The first-order chi connectivity index (χ1) is 15.4. The largest absolute Gasteiger partial charge is 0.346 e. The third kappa shape index (κ3) is 4.89. The summed E-state index contributed by atoms with van der Waals surface area (Å²) in [5.74, 6) is 0.543. The van der Waals surface area contributed by atoms with E-state index in [-0.39, 0.29) is 11.8 Å². The zero-order valence-corrected chi connectivity index (χ0v) is 18.8. The molecule has 3 heterocycles. The molecule has 0 radical (unpaired) electrons. The number of amides is 2. The van der Waals surface area contributed by atoms with Crippen LogP contribution in [0.2, 0.25) is 0 Å².